The lowest BCUT2D eigenvalue weighted by molar-refractivity contribution is 0.0973. The summed E-state index contributed by atoms with van der Waals surface area (Å²) in [6.07, 6.45) is 2.91. The third-order valence-corrected chi connectivity index (χ3v) is 4.33. The number of nitrogens with one attached hydrogen (secondary N) is 1. The van der Waals surface area contributed by atoms with Crippen LogP contribution in [0.3, 0.4) is 0 Å². The van der Waals surface area contributed by atoms with Crippen LogP contribution in [0.25, 0.3) is 0 Å². The summed E-state index contributed by atoms with van der Waals surface area (Å²) in [7, 11) is -3.21. The quantitative estimate of drug-likeness (QED) is 0.914. The molecule has 2 rings (SSSR count). The molecular weight excluding hydrogens is 304 g/mol. The van der Waals surface area contributed by atoms with Gasteiger partial charge in [0.1, 0.15) is 6.61 Å². The predicted molar refractivity (Wildman–Crippen MR) is 83.8 cm³/mol. The van der Waals surface area contributed by atoms with Crippen molar-refractivity contribution in [2.24, 2.45) is 0 Å². The van der Waals surface area contributed by atoms with Crippen molar-refractivity contribution < 1.29 is 17.9 Å². The van der Waals surface area contributed by atoms with Gasteiger partial charge in [0, 0.05) is 19.1 Å². The highest BCUT2D eigenvalue weighted by Gasteiger charge is 2.23. The van der Waals surface area contributed by atoms with Crippen LogP contribution in [0, 0.1) is 0 Å². The van der Waals surface area contributed by atoms with E-state index >= 15 is 0 Å². The average Bonchev–Trinajstić information content (AvgIpc) is 2.70. The highest BCUT2D eigenvalue weighted by molar-refractivity contribution is 7.88. The van der Waals surface area contributed by atoms with Gasteiger partial charge in [-0.15, -0.1) is 0 Å². The molecule has 0 aliphatic carbocycles. The van der Waals surface area contributed by atoms with Crippen molar-refractivity contribution in [3.8, 4) is 0 Å². The molecule has 0 aromatic heterocycles. The summed E-state index contributed by atoms with van der Waals surface area (Å²) < 4.78 is 30.5. The molecule has 6 nitrogen and oxygen atoms in total. The van der Waals surface area contributed by atoms with Gasteiger partial charge in [-0.05, 0) is 24.8 Å². The number of likely N-dealkylation sites (tertiary alicyclic amines) is 1. The smallest absolute Gasteiger partial charge is 0.410 e. The molecule has 1 saturated heterocycles. The molecule has 1 fully saturated rings. The summed E-state index contributed by atoms with van der Waals surface area (Å²) in [6.45, 7) is 1.34. The number of hydrogen-bond acceptors (Lipinski definition) is 4. The monoisotopic (exact) mass is 326 g/mol. The fourth-order valence-electron chi connectivity index (χ4n) is 2.51. The first-order valence-corrected chi connectivity index (χ1v) is 9.26. The zero-order valence-corrected chi connectivity index (χ0v) is 13.5. The molecular formula is C15H22N2O4S. The minimum atomic E-state index is -3.21. The van der Waals surface area contributed by atoms with Gasteiger partial charge in [-0.2, -0.15) is 0 Å². The first kappa shape index (κ1) is 16.8. The van der Waals surface area contributed by atoms with Crippen LogP contribution in [0.15, 0.2) is 30.3 Å². The van der Waals surface area contributed by atoms with Crippen molar-refractivity contribution in [3.63, 3.8) is 0 Å². The zero-order valence-electron chi connectivity index (χ0n) is 12.7. The van der Waals surface area contributed by atoms with Crippen LogP contribution in [0.1, 0.15) is 24.8 Å². The van der Waals surface area contributed by atoms with E-state index < -0.39 is 10.0 Å². The maximum absolute atomic E-state index is 12.1. The van der Waals surface area contributed by atoms with E-state index in [4.69, 9.17) is 4.74 Å². The summed E-state index contributed by atoms with van der Waals surface area (Å²) in [5.74, 6) is 0. The van der Waals surface area contributed by atoms with Gasteiger partial charge in [-0.3, -0.25) is 0 Å². The molecule has 0 bridgehead atoms. The van der Waals surface area contributed by atoms with Crippen LogP contribution in [0.4, 0.5) is 4.79 Å². The Balaban J connectivity index is 1.81. The standard InChI is InChI=1S/C15H22N2O4S/c1-22(19,20)16-14-8-5-10-17(11-9-14)15(18)21-12-13-6-3-2-4-7-13/h2-4,6-7,14,16H,5,8-12H2,1H3/t14-/m0/s1. The number of carbonyl (C=O) groups is 1. The average molecular weight is 326 g/mol. The van der Waals surface area contributed by atoms with Gasteiger partial charge in [0.25, 0.3) is 0 Å². The SMILES string of the molecule is CS(=O)(=O)N[C@H]1CCCN(C(=O)OCc2ccccc2)CC1. The maximum atomic E-state index is 12.1. The number of ether oxygens (including phenoxy) is 1. The van der Waals surface area contributed by atoms with Gasteiger partial charge in [0.2, 0.25) is 10.0 Å². The molecule has 0 unspecified atom stereocenters. The summed E-state index contributed by atoms with van der Waals surface area (Å²) >= 11 is 0. The van der Waals surface area contributed by atoms with E-state index in [0.29, 0.717) is 19.5 Å². The highest BCUT2D eigenvalue weighted by Crippen LogP contribution is 2.13. The van der Waals surface area contributed by atoms with Crippen molar-refractivity contribution >= 4 is 16.1 Å². The van der Waals surface area contributed by atoms with Gasteiger partial charge in [0.15, 0.2) is 0 Å². The third-order valence-electron chi connectivity index (χ3n) is 3.57. The molecule has 0 spiro atoms. The predicted octanol–water partition coefficient (Wildman–Crippen LogP) is 1.73. The second-order valence-corrected chi connectivity index (χ2v) is 7.33. The molecule has 1 aromatic carbocycles. The Hall–Kier alpha value is -1.60. The number of sulfonamides is 1. The minimum absolute atomic E-state index is 0.109. The van der Waals surface area contributed by atoms with Crippen molar-refractivity contribution in [3.05, 3.63) is 35.9 Å². The Labute approximate surface area is 131 Å². The number of carbonyl (C=O) groups excluding carboxylic acids is 1. The molecule has 1 amide bonds. The molecule has 1 aliphatic rings. The third kappa shape index (κ3) is 5.65. The molecule has 1 aromatic rings. The van der Waals surface area contributed by atoms with Crippen LogP contribution in [-0.2, 0) is 21.4 Å². The van der Waals surface area contributed by atoms with Crippen molar-refractivity contribution in [2.45, 2.75) is 31.9 Å². The largest absolute Gasteiger partial charge is 0.445 e. The van der Waals surface area contributed by atoms with E-state index in [1.165, 1.54) is 0 Å². The minimum Gasteiger partial charge on any atom is -0.445 e. The number of rotatable bonds is 4. The molecule has 7 heteroatoms. The molecule has 1 aliphatic heterocycles. The van der Waals surface area contributed by atoms with Gasteiger partial charge in [0.05, 0.1) is 6.26 Å². The summed E-state index contributed by atoms with van der Waals surface area (Å²) in [4.78, 5) is 13.7. The molecule has 122 valence electrons. The highest BCUT2D eigenvalue weighted by atomic mass is 32.2. The first-order valence-electron chi connectivity index (χ1n) is 7.37. The zero-order chi connectivity index (χ0) is 16.0. The van der Waals surface area contributed by atoms with Gasteiger partial charge >= 0.3 is 6.09 Å². The van der Waals surface area contributed by atoms with Crippen LogP contribution >= 0.6 is 0 Å². The van der Waals surface area contributed by atoms with Crippen molar-refractivity contribution in [2.75, 3.05) is 19.3 Å². The van der Waals surface area contributed by atoms with E-state index in [1.807, 2.05) is 30.3 Å². The normalized spacial score (nSPS) is 19.5. The Kier molecular flexibility index (Phi) is 5.79. The molecule has 0 saturated carbocycles. The van der Waals surface area contributed by atoms with Gasteiger partial charge in [-0.1, -0.05) is 30.3 Å². The number of nitrogens with zero attached hydrogens (tertiary/aromatic N) is 1. The Morgan fingerprint density at radius 1 is 1.27 bits per heavy atom. The lowest BCUT2D eigenvalue weighted by atomic mass is 10.1. The Bertz CT molecular complexity index is 589. The lowest BCUT2D eigenvalue weighted by Crippen LogP contribution is -2.36. The summed E-state index contributed by atoms with van der Waals surface area (Å²) in [5, 5.41) is 0. The second kappa shape index (κ2) is 7.60. The molecule has 22 heavy (non-hydrogen) atoms. The van der Waals surface area contributed by atoms with E-state index in [9.17, 15) is 13.2 Å². The van der Waals surface area contributed by atoms with E-state index in [0.717, 1.165) is 24.7 Å². The molecule has 0 radical (unpaired) electrons. The summed E-state index contributed by atoms with van der Waals surface area (Å²) in [5.41, 5.74) is 0.947. The van der Waals surface area contributed by atoms with E-state index in [1.54, 1.807) is 4.90 Å². The second-order valence-electron chi connectivity index (χ2n) is 5.55. The fraction of sp³-hybridized carbons (Fsp3) is 0.533. The van der Waals surface area contributed by atoms with Crippen LogP contribution in [0.5, 0.6) is 0 Å². The Morgan fingerprint density at radius 3 is 2.68 bits per heavy atom. The number of hydrogen-bond donors (Lipinski definition) is 1. The van der Waals surface area contributed by atoms with E-state index in [2.05, 4.69) is 4.72 Å². The first-order chi connectivity index (χ1) is 10.4. The number of benzene rings is 1. The van der Waals surface area contributed by atoms with Crippen LogP contribution < -0.4 is 4.72 Å². The van der Waals surface area contributed by atoms with Gasteiger partial charge < -0.3 is 9.64 Å². The summed E-state index contributed by atoms with van der Waals surface area (Å²) in [6, 6.07) is 9.41. The maximum Gasteiger partial charge on any atom is 0.410 e. The van der Waals surface area contributed by atoms with E-state index in [-0.39, 0.29) is 18.7 Å². The Morgan fingerprint density at radius 2 is 2.00 bits per heavy atom. The van der Waals surface area contributed by atoms with Crippen LogP contribution in [-0.4, -0.2) is 44.8 Å². The van der Waals surface area contributed by atoms with Crippen molar-refractivity contribution in [1.29, 1.82) is 0 Å². The topological polar surface area (TPSA) is 75.7 Å². The molecule has 1 N–H and O–H groups in total. The number of amides is 1. The lowest BCUT2D eigenvalue weighted by Gasteiger charge is -2.20. The van der Waals surface area contributed by atoms with Gasteiger partial charge in [-0.25, -0.2) is 17.9 Å². The van der Waals surface area contributed by atoms with Crippen LogP contribution in [0.2, 0.25) is 0 Å². The van der Waals surface area contributed by atoms with Crippen molar-refractivity contribution in [1.82, 2.24) is 9.62 Å². The fourth-order valence-corrected chi connectivity index (χ4v) is 3.35. The molecule has 1 atom stereocenters. The molecule has 1 heterocycles.